The highest BCUT2D eigenvalue weighted by Crippen LogP contribution is 2.24. The highest BCUT2D eigenvalue weighted by molar-refractivity contribution is 5.74. The van der Waals surface area contributed by atoms with Gasteiger partial charge in [0.15, 0.2) is 0 Å². The topological polar surface area (TPSA) is 64.1 Å². The Kier molecular flexibility index (Phi) is 5.39. The molecule has 0 atom stereocenters. The lowest BCUT2D eigenvalue weighted by molar-refractivity contribution is -0.141. The van der Waals surface area contributed by atoms with Crippen molar-refractivity contribution in [2.75, 3.05) is 33.7 Å². The number of urea groups is 1. The molecule has 1 aliphatic rings. The van der Waals surface area contributed by atoms with Crippen LogP contribution in [-0.2, 0) is 4.79 Å². The third-order valence-corrected chi connectivity index (χ3v) is 3.73. The molecule has 0 aromatic carbocycles. The Morgan fingerprint density at radius 1 is 1.20 bits per heavy atom. The number of carbonyl (C=O) groups excluding carboxylic acids is 1. The molecule has 1 saturated heterocycles. The number of hydrogen-bond acceptors (Lipinski definition) is 3. The summed E-state index contributed by atoms with van der Waals surface area (Å²) < 4.78 is 0. The maximum atomic E-state index is 11.9. The van der Waals surface area contributed by atoms with E-state index in [0.717, 1.165) is 12.8 Å². The number of hydrogen-bond donors (Lipinski definition) is 1. The van der Waals surface area contributed by atoms with Gasteiger partial charge in [0.2, 0.25) is 0 Å². The molecule has 0 radical (unpaired) electrons. The van der Waals surface area contributed by atoms with Crippen LogP contribution in [0.15, 0.2) is 0 Å². The van der Waals surface area contributed by atoms with Crippen LogP contribution in [0.5, 0.6) is 0 Å². The van der Waals surface area contributed by atoms with Crippen LogP contribution in [0.25, 0.3) is 0 Å². The van der Waals surface area contributed by atoms with Crippen LogP contribution in [0.1, 0.15) is 33.6 Å². The molecule has 0 bridgehead atoms. The molecule has 0 saturated carbocycles. The van der Waals surface area contributed by atoms with Gasteiger partial charge in [0, 0.05) is 38.8 Å². The monoisotopic (exact) mass is 285 g/mol. The Morgan fingerprint density at radius 3 is 2.05 bits per heavy atom. The largest absolute Gasteiger partial charge is 0.480 e. The molecule has 0 aromatic heterocycles. The van der Waals surface area contributed by atoms with Gasteiger partial charge in [0.25, 0.3) is 0 Å². The van der Waals surface area contributed by atoms with E-state index in [-0.39, 0.29) is 24.2 Å². The summed E-state index contributed by atoms with van der Waals surface area (Å²) in [6.45, 7) is 7.53. The molecule has 0 unspecified atom stereocenters. The van der Waals surface area contributed by atoms with E-state index in [1.54, 1.807) is 19.0 Å². The van der Waals surface area contributed by atoms with Gasteiger partial charge in [-0.2, -0.15) is 0 Å². The zero-order chi connectivity index (χ0) is 15.5. The molecule has 1 heterocycles. The minimum Gasteiger partial charge on any atom is -0.480 e. The number of carbonyl (C=O) groups is 2. The van der Waals surface area contributed by atoms with Crippen molar-refractivity contribution in [3.8, 4) is 0 Å². The lowest BCUT2D eigenvalue weighted by atomic mass is 9.96. The van der Waals surface area contributed by atoms with Crippen molar-refractivity contribution in [3.63, 3.8) is 0 Å². The normalized spacial score (nSPS) is 17.4. The summed E-state index contributed by atoms with van der Waals surface area (Å²) in [5.74, 6) is -0.799. The average Bonchev–Trinajstić information content (AvgIpc) is 2.33. The molecule has 6 nitrogen and oxygen atoms in total. The Bertz CT molecular complexity index is 355. The first-order valence-corrected chi connectivity index (χ1v) is 7.07. The summed E-state index contributed by atoms with van der Waals surface area (Å²) >= 11 is 0. The van der Waals surface area contributed by atoms with Gasteiger partial charge in [-0.05, 0) is 33.6 Å². The highest BCUT2D eigenvalue weighted by Gasteiger charge is 2.34. The molecule has 0 aliphatic carbocycles. The Balaban J connectivity index is 2.66. The lowest BCUT2D eigenvalue weighted by Gasteiger charge is -2.44. The van der Waals surface area contributed by atoms with E-state index in [4.69, 9.17) is 5.11 Å². The van der Waals surface area contributed by atoms with Gasteiger partial charge in [-0.3, -0.25) is 9.69 Å². The van der Waals surface area contributed by atoms with Crippen molar-refractivity contribution in [2.24, 2.45) is 0 Å². The lowest BCUT2D eigenvalue weighted by Crippen LogP contribution is -2.55. The van der Waals surface area contributed by atoms with Crippen LogP contribution in [0.4, 0.5) is 4.79 Å². The van der Waals surface area contributed by atoms with Gasteiger partial charge >= 0.3 is 12.0 Å². The third-order valence-electron chi connectivity index (χ3n) is 3.73. The van der Waals surface area contributed by atoms with Crippen LogP contribution < -0.4 is 0 Å². The number of nitrogens with zero attached hydrogens (tertiary/aromatic N) is 3. The number of likely N-dealkylation sites (tertiary alicyclic amines) is 1. The van der Waals surface area contributed by atoms with E-state index in [9.17, 15) is 9.59 Å². The molecule has 116 valence electrons. The average molecular weight is 285 g/mol. The quantitative estimate of drug-likeness (QED) is 0.849. The highest BCUT2D eigenvalue weighted by atomic mass is 16.4. The van der Waals surface area contributed by atoms with Gasteiger partial charge < -0.3 is 14.9 Å². The second kappa shape index (κ2) is 6.43. The maximum Gasteiger partial charge on any atom is 0.319 e. The molecule has 1 rings (SSSR count). The van der Waals surface area contributed by atoms with E-state index in [1.165, 1.54) is 0 Å². The van der Waals surface area contributed by atoms with Crippen molar-refractivity contribution in [3.05, 3.63) is 0 Å². The molecule has 6 heteroatoms. The zero-order valence-electron chi connectivity index (χ0n) is 13.2. The van der Waals surface area contributed by atoms with Gasteiger partial charge in [-0.15, -0.1) is 0 Å². The molecule has 1 fully saturated rings. The first-order valence-electron chi connectivity index (χ1n) is 7.07. The third kappa shape index (κ3) is 4.37. The summed E-state index contributed by atoms with van der Waals surface area (Å²) in [5.41, 5.74) is -0.184. The van der Waals surface area contributed by atoms with Crippen molar-refractivity contribution in [2.45, 2.75) is 45.2 Å². The first kappa shape index (κ1) is 16.8. The number of carboxylic acid groups (broad SMARTS) is 1. The summed E-state index contributed by atoms with van der Waals surface area (Å²) in [6.07, 6.45) is 1.65. The number of rotatable bonds is 3. The van der Waals surface area contributed by atoms with Gasteiger partial charge in [0.1, 0.15) is 0 Å². The van der Waals surface area contributed by atoms with E-state index in [1.807, 2.05) is 30.6 Å². The molecular weight excluding hydrogens is 258 g/mol. The van der Waals surface area contributed by atoms with Gasteiger partial charge in [-0.1, -0.05) is 0 Å². The molecular formula is C14H27N3O3. The molecule has 2 amide bonds. The second-order valence-corrected chi connectivity index (χ2v) is 6.59. The van der Waals surface area contributed by atoms with Gasteiger partial charge in [-0.25, -0.2) is 4.79 Å². The predicted molar refractivity (Wildman–Crippen MR) is 77.8 cm³/mol. The summed E-state index contributed by atoms with van der Waals surface area (Å²) in [6, 6.07) is 0.251. The van der Waals surface area contributed by atoms with Crippen LogP contribution in [0.2, 0.25) is 0 Å². The summed E-state index contributed by atoms with van der Waals surface area (Å²) in [7, 11) is 3.50. The van der Waals surface area contributed by atoms with Crippen LogP contribution in [-0.4, -0.2) is 77.1 Å². The van der Waals surface area contributed by atoms with Crippen LogP contribution in [0.3, 0.4) is 0 Å². The van der Waals surface area contributed by atoms with Crippen LogP contribution >= 0.6 is 0 Å². The first-order chi connectivity index (χ1) is 9.12. The Morgan fingerprint density at radius 2 is 1.70 bits per heavy atom. The zero-order valence-corrected chi connectivity index (χ0v) is 13.2. The minimum atomic E-state index is -0.799. The SMILES string of the molecule is CN(C)C(=O)N1CCC(N(CC(=O)O)C(C)(C)C)CC1. The smallest absolute Gasteiger partial charge is 0.319 e. The van der Waals surface area contributed by atoms with Crippen molar-refractivity contribution in [1.29, 1.82) is 0 Å². The second-order valence-electron chi connectivity index (χ2n) is 6.59. The number of aliphatic carboxylic acids is 1. The molecule has 1 N–H and O–H groups in total. The summed E-state index contributed by atoms with van der Waals surface area (Å²) in [5, 5.41) is 9.08. The fourth-order valence-electron chi connectivity index (χ4n) is 2.71. The number of amides is 2. The van der Waals surface area contributed by atoms with Crippen molar-refractivity contribution in [1.82, 2.24) is 14.7 Å². The molecule has 0 spiro atoms. The predicted octanol–water partition coefficient (Wildman–Crippen LogP) is 1.32. The Hall–Kier alpha value is -1.30. The molecule has 0 aromatic rings. The number of piperidine rings is 1. The van der Waals surface area contributed by atoms with Crippen molar-refractivity contribution < 1.29 is 14.7 Å². The van der Waals surface area contributed by atoms with Gasteiger partial charge in [0.05, 0.1) is 6.54 Å². The minimum absolute atomic E-state index is 0.0315. The fraction of sp³-hybridized carbons (Fsp3) is 0.857. The fourth-order valence-corrected chi connectivity index (χ4v) is 2.71. The van der Waals surface area contributed by atoms with Crippen molar-refractivity contribution >= 4 is 12.0 Å². The van der Waals surface area contributed by atoms with E-state index in [0.29, 0.717) is 13.1 Å². The Labute approximate surface area is 121 Å². The number of carboxylic acids is 1. The molecule has 1 aliphatic heterocycles. The van der Waals surface area contributed by atoms with E-state index in [2.05, 4.69) is 0 Å². The van der Waals surface area contributed by atoms with Crippen LogP contribution in [0, 0.1) is 0 Å². The van der Waals surface area contributed by atoms with E-state index < -0.39 is 5.97 Å². The molecule has 20 heavy (non-hydrogen) atoms. The maximum absolute atomic E-state index is 11.9. The summed E-state index contributed by atoms with van der Waals surface area (Å²) in [4.78, 5) is 28.4. The van der Waals surface area contributed by atoms with E-state index >= 15 is 0 Å². The standard InChI is InChI=1S/C14H27N3O3/c1-14(2,3)17(10-12(18)19)11-6-8-16(9-7-11)13(20)15(4)5/h11H,6-10H2,1-5H3,(H,18,19).